The zero-order valence-electron chi connectivity index (χ0n) is 12.9. The van der Waals surface area contributed by atoms with Crippen LogP contribution in [0, 0.1) is 0 Å². The van der Waals surface area contributed by atoms with Gasteiger partial charge in [-0.1, -0.05) is 11.6 Å². The van der Waals surface area contributed by atoms with E-state index in [2.05, 4.69) is 15.9 Å². The van der Waals surface area contributed by atoms with Gasteiger partial charge >= 0.3 is 12.1 Å². The fraction of sp³-hybridized carbons (Fsp3) is 0.467. The minimum absolute atomic E-state index is 0.235. The van der Waals surface area contributed by atoms with Gasteiger partial charge in [-0.25, -0.2) is 9.59 Å². The molecule has 1 amide bonds. The van der Waals surface area contributed by atoms with Crippen LogP contribution in [0.3, 0.4) is 0 Å². The Kier molecular flexibility index (Phi) is 5.43. The van der Waals surface area contributed by atoms with Crippen molar-refractivity contribution in [2.24, 2.45) is 0 Å². The molecule has 1 aromatic heterocycles. The molecular weight excluding hydrogens is 406 g/mol. The summed E-state index contributed by atoms with van der Waals surface area (Å²) in [4.78, 5) is 25.8. The molecule has 1 N–H and O–H groups in total. The van der Waals surface area contributed by atoms with E-state index in [1.54, 1.807) is 20.8 Å². The molecule has 1 aliphatic rings. The average molecular weight is 423 g/mol. The summed E-state index contributed by atoms with van der Waals surface area (Å²) in [5.41, 5.74) is 0.187. The van der Waals surface area contributed by atoms with Crippen molar-refractivity contribution >= 4 is 57.0 Å². The van der Waals surface area contributed by atoms with Gasteiger partial charge in [0.2, 0.25) is 0 Å². The normalized spacial score (nSPS) is 20.1. The molecule has 0 saturated carbocycles. The molecule has 8 heteroatoms. The number of carbonyl (C=O) groups is 2. The largest absolute Gasteiger partial charge is 0.480 e. The number of carboxylic acid groups (broad SMARTS) is 1. The Morgan fingerprint density at radius 1 is 1.52 bits per heavy atom. The van der Waals surface area contributed by atoms with Crippen molar-refractivity contribution in [2.45, 2.75) is 38.8 Å². The van der Waals surface area contributed by atoms with Crippen molar-refractivity contribution in [3.05, 3.63) is 25.3 Å². The molecule has 126 valence electrons. The van der Waals surface area contributed by atoms with Gasteiger partial charge < -0.3 is 9.84 Å². The van der Waals surface area contributed by atoms with Crippen molar-refractivity contribution in [1.29, 1.82) is 0 Å². The van der Waals surface area contributed by atoms with Gasteiger partial charge in [-0.05, 0) is 54.4 Å². The molecule has 5 nitrogen and oxygen atoms in total. The zero-order chi connectivity index (χ0) is 17.4. The van der Waals surface area contributed by atoms with E-state index in [4.69, 9.17) is 16.3 Å². The van der Waals surface area contributed by atoms with Gasteiger partial charge in [0.15, 0.2) is 0 Å². The molecule has 1 aromatic rings. The van der Waals surface area contributed by atoms with Crippen LogP contribution in [0.4, 0.5) is 4.79 Å². The molecule has 23 heavy (non-hydrogen) atoms. The standard InChI is InChI=1S/C15H17BrClNO4S/c1-15(2,3)22-14(21)18-7-8(5-11(18)13(19)20)4-9-6-10(16)12(17)23-9/h4,6,11H,5,7H2,1-3H3,(H,19,20)/b8-4-/t11-/m1/s1. The van der Waals surface area contributed by atoms with Crippen LogP contribution in [0.5, 0.6) is 0 Å². The molecule has 0 aliphatic carbocycles. The van der Waals surface area contributed by atoms with Crippen LogP contribution >= 0.6 is 38.9 Å². The molecule has 0 unspecified atom stereocenters. The Labute approximate surface area is 152 Å². The topological polar surface area (TPSA) is 66.8 Å². The number of ether oxygens (including phenoxy) is 1. The van der Waals surface area contributed by atoms with E-state index in [-0.39, 0.29) is 13.0 Å². The minimum atomic E-state index is -1.04. The number of amides is 1. The number of aliphatic carboxylic acids is 1. The Bertz CT molecular complexity index is 645. The second-order valence-electron chi connectivity index (χ2n) is 6.24. The van der Waals surface area contributed by atoms with Crippen molar-refractivity contribution in [1.82, 2.24) is 4.90 Å². The van der Waals surface area contributed by atoms with Gasteiger partial charge in [-0.15, -0.1) is 11.3 Å². The molecule has 2 rings (SSSR count). The van der Waals surface area contributed by atoms with E-state index in [0.717, 1.165) is 14.9 Å². The van der Waals surface area contributed by atoms with E-state index in [1.165, 1.54) is 16.2 Å². The van der Waals surface area contributed by atoms with E-state index < -0.39 is 23.7 Å². The summed E-state index contributed by atoms with van der Waals surface area (Å²) in [5.74, 6) is -1.04. The van der Waals surface area contributed by atoms with Gasteiger partial charge in [0.05, 0.1) is 0 Å². The van der Waals surface area contributed by atoms with E-state index in [1.807, 2.05) is 12.1 Å². The van der Waals surface area contributed by atoms with E-state index in [0.29, 0.717) is 4.34 Å². The Morgan fingerprint density at radius 3 is 2.65 bits per heavy atom. The van der Waals surface area contributed by atoms with Crippen molar-refractivity contribution < 1.29 is 19.4 Å². The Balaban J connectivity index is 2.20. The maximum atomic E-state index is 12.2. The number of nitrogens with zero attached hydrogens (tertiary/aromatic N) is 1. The maximum absolute atomic E-state index is 12.2. The highest BCUT2D eigenvalue weighted by molar-refractivity contribution is 9.10. The Morgan fingerprint density at radius 2 is 2.17 bits per heavy atom. The molecule has 0 aromatic carbocycles. The molecule has 0 bridgehead atoms. The van der Waals surface area contributed by atoms with Crippen LogP contribution in [0.2, 0.25) is 4.34 Å². The summed E-state index contributed by atoms with van der Waals surface area (Å²) in [6.45, 7) is 5.48. The second kappa shape index (κ2) is 6.83. The highest BCUT2D eigenvalue weighted by Gasteiger charge is 2.38. The number of carboxylic acids is 1. The first-order chi connectivity index (χ1) is 10.6. The van der Waals surface area contributed by atoms with E-state index in [9.17, 15) is 14.7 Å². The summed E-state index contributed by atoms with van der Waals surface area (Å²) in [6, 6.07) is 0.960. The molecule has 1 atom stereocenters. The first-order valence-electron chi connectivity index (χ1n) is 6.93. The fourth-order valence-corrected chi connectivity index (χ4v) is 3.95. The number of rotatable bonds is 2. The van der Waals surface area contributed by atoms with Crippen LogP contribution in [0.15, 0.2) is 16.1 Å². The van der Waals surface area contributed by atoms with Gasteiger partial charge in [-0.2, -0.15) is 0 Å². The summed E-state index contributed by atoms with van der Waals surface area (Å²) >= 11 is 10.7. The molecule has 2 heterocycles. The SMILES string of the molecule is CC(C)(C)OC(=O)N1C/C(=C\c2cc(Br)c(Cl)s2)C[C@@H]1C(=O)O. The number of thiophene rings is 1. The monoisotopic (exact) mass is 421 g/mol. The zero-order valence-corrected chi connectivity index (χ0v) is 16.1. The van der Waals surface area contributed by atoms with Crippen molar-refractivity contribution in [2.75, 3.05) is 6.54 Å². The predicted molar refractivity (Wildman–Crippen MR) is 94.0 cm³/mol. The summed E-state index contributed by atoms with van der Waals surface area (Å²) in [5, 5.41) is 9.36. The third kappa shape index (κ3) is 4.71. The molecule has 1 saturated heterocycles. The number of likely N-dealkylation sites (tertiary alicyclic amines) is 1. The lowest BCUT2D eigenvalue weighted by Crippen LogP contribution is -2.43. The number of carbonyl (C=O) groups excluding carboxylic acids is 1. The number of hydrogen-bond donors (Lipinski definition) is 1. The van der Waals surface area contributed by atoms with Gasteiger partial charge in [-0.3, -0.25) is 4.90 Å². The molecular formula is C15H17BrClNO4S. The second-order valence-corrected chi connectivity index (χ2v) is 8.78. The van der Waals surface area contributed by atoms with E-state index >= 15 is 0 Å². The summed E-state index contributed by atoms with van der Waals surface area (Å²) < 4.78 is 6.73. The molecule has 1 aliphatic heterocycles. The molecule has 0 spiro atoms. The number of halogens is 2. The summed E-state index contributed by atoms with van der Waals surface area (Å²) in [7, 11) is 0. The lowest BCUT2D eigenvalue weighted by molar-refractivity contribution is -0.142. The number of hydrogen-bond acceptors (Lipinski definition) is 4. The van der Waals surface area contributed by atoms with Crippen LogP contribution in [0.1, 0.15) is 32.1 Å². The molecule has 0 radical (unpaired) electrons. The third-order valence-corrected chi connectivity index (χ3v) is 5.55. The van der Waals surface area contributed by atoms with Crippen molar-refractivity contribution in [3.8, 4) is 0 Å². The van der Waals surface area contributed by atoms with Crippen LogP contribution in [-0.4, -0.2) is 40.3 Å². The van der Waals surface area contributed by atoms with Crippen LogP contribution < -0.4 is 0 Å². The predicted octanol–water partition coefficient (Wildman–Crippen LogP) is 4.64. The van der Waals surface area contributed by atoms with Gasteiger partial charge in [0, 0.05) is 22.3 Å². The van der Waals surface area contributed by atoms with Gasteiger partial charge in [0.1, 0.15) is 16.0 Å². The minimum Gasteiger partial charge on any atom is -0.480 e. The lowest BCUT2D eigenvalue weighted by atomic mass is 10.1. The van der Waals surface area contributed by atoms with Gasteiger partial charge in [0.25, 0.3) is 0 Å². The lowest BCUT2D eigenvalue weighted by Gasteiger charge is -2.26. The summed E-state index contributed by atoms with van der Waals surface area (Å²) in [6.07, 6.45) is 1.54. The van der Waals surface area contributed by atoms with Crippen LogP contribution in [-0.2, 0) is 9.53 Å². The Hall–Kier alpha value is -1.05. The van der Waals surface area contributed by atoms with Crippen LogP contribution in [0.25, 0.3) is 6.08 Å². The smallest absolute Gasteiger partial charge is 0.411 e. The fourth-order valence-electron chi connectivity index (χ4n) is 2.23. The van der Waals surface area contributed by atoms with Crippen molar-refractivity contribution in [3.63, 3.8) is 0 Å². The first-order valence-corrected chi connectivity index (χ1v) is 8.92. The molecule has 1 fully saturated rings. The highest BCUT2D eigenvalue weighted by Crippen LogP contribution is 2.35. The third-order valence-electron chi connectivity index (χ3n) is 3.13. The highest BCUT2D eigenvalue weighted by atomic mass is 79.9. The quantitative estimate of drug-likeness (QED) is 0.754. The maximum Gasteiger partial charge on any atom is 0.411 e. The average Bonchev–Trinajstić information content (AvgIpc) is 2.92. The first kappa shape index (κ1) is 18.3.